The first-order valence-corrected chi connectivity index (χ1v) is 18.2. The molecule has 1 unspecified atom stereocenters. The maximum absolute atomic E-state index is 14.2. The average Bonchev–Trinajstić information content (AvgIpc) is 3.72. The van der Waals surface area contributed by atoms with Crippen molar-refractivity contribution in [2.75, 3.05) is 16.5 Å². The normalized spacial score (nSPS) is 18.5. The van der Waals surface area contributed by atoms with E-state index in [1.165, 1.54) is 5.01 Å². The van der Waals surface area contributed by atoms with E-state index in [1.54, 1.807) is 9.58 Å². The Bertz CT molecular complexity index is 2140. The molecule has 0 bridgehead atoms. The second-order valence-electron chi connectivity index (χ2n) is 13.2. The summed E-state index contributed by atoms with van der Waals surface area (Å²) in [6.45, 7) is 2.50. The summed E-state index contributed by atoms with van der Waals surface area (Å²) in [6, 6.07) is 32.5. The predicted molar refractivity (Wildman–Crippen MR) is 204 cm³/mol. The van der Waals surface area contributed by atoms with Crippen LogP contribution in [-0.2, 0) is 28.3 Å². The van der Waals surface area contributed by atoms with Crippen LogP contribution in [0.2, 0.25) is 0 Å². The molecular weight excluding hydrogens is 720 g/mol. The second kappa shape index (κ2) is 15.2. The number of rotatable bonds is 12. The number of amides is 2. The fraction of sp³-hybridized carbons (Fsp3) is 0.244. The lowest BCUT2D eigenvalue weighted by atomic mass is 9.83. The lowest BCUT2D eigenvalue weighted by Crippen LogP contribution is -2.44. The Morgan fingerprint density at radius 3 is 2.48 bits per heavy atom. The highest BCUT2D eigenvalue weighted by atomic mass is 79.9. The summed E-state index contributed by atoms with van der Waals surface area (Å²) in [7, 11) is 0. The first-order valence-electron chi connectivity index (χ1n) is 17.4. The van der Waals surface area contributed by atoms with Gasteiger partial charge in [-0.05, 0) is 53.4 Å². The standard InChI is InChI=1S/C41H39BrN6O4/c1-28(11-8-9-22-46-26-37(43-45-46)34(27-49)30-13-4-2-5-14-30)41(52)35-24-32(42)18-20-38(35)47(40(41)51)25-29-12-10-17-33(23-29)48-39(50)21-19-36(44-48)31-15-6-3-7-16-31/h2-8,10-18,20,23-24,26,28,34,49,52H,9,19,21-22,25,27H2,1H3/b11-8+/t28-,34?,41+/m0/s1. The summed E-state index contributed by atoms with van der Waals surface area (Å²) in [5.74, 6) is -1.32. The summed E-state index contributed by atoms with van der Waals surface area (Å²) in [4.78, 5) is 28.9. The first kappa shape index (κ1) is 35.2. The molecule has 2 aliphatic heterocycles. The molecule has 0 radical (unpaired) electrons. The van der Waals surface area contributed by atoms with E-state index >= 15 is 0 Å². The number of allylic oxidation sites excluding steroid dienone is 1. The number of aryl methyl sites for hydroxylation is 1. The Labute approximate surface area is 310 Å². The molecule has 5 aromatic rings. The van der Waals surface area contributed by atoms with Gasteiger partial charge in [0.25, 0.3) is 5.91 Å². The molecule has 0 saturated carbocycles. The monoisotopic (exact) mass is 758 g/mol. The maximum Gasteiger partial charge on any atom is 0.264 e. The van der Waals surface area contributed by atoms with Crippen LogP contribution >= 0.6 is 15.9 Å². The van der Waals surface area contributed by atoms with Gasteiger partial charge in [0.1, 0.15) is 0 Å². The first-order chi connectivity index (χ1) is 25.3. The summed E-state index contributed by atoms with van der Waals surface area (Å²) in [5, 5.41) is 36.9. The van der Waals surface area contributed by atoms with Gasteiger partial charge < -0.3 is 15.1 Å². The highest BCUT2D eigenvalue weighted by Crippen LogP contribution is 2.47. The molecule has 264 valence electrons. The van der Waals surface area contributed by atoms with E-state index in [0.29, 0.717) is 48.4 Å². The summed E-state index contributed by atoms with van der Waals surface area (Å²) >= 11 is 3.53. The third-order valence-corrected chi connectivity index (χ3v) is 10.3. The number of benzene rings is 4. The molecule has 2 aliphatic rings. The van der Waals surface area contributed by atoms with Gasteiger partial charge in [0.15, 0.2) is 5.60 Å². The Morgan fingerprint density at radius 2 is 1.71 bits per heavy atom. The molecule has 4 aromatic carbocycles. The van der Waals surface area contributed by atoms with Crippen LogP contribution < -0.4 is 9.91 Å². The van der Waals surface area contributed by atoms with Crippen molar-refractivity contribution in [3.8, 4) is 0 Å². The van der Waals surface area contributed by atoms with E-state index in [1.807, 2.05) is 128 Å². The van der Waals surface area contributed by atoms with Gasteiger partial charge in [-0.25, -0.2) is 5.01 Å². The lowest BCUT2D eigenvalue weighted by molar-refractivity contribution is -0.139. The summed E-state index contributed by atoms with van der Waals surface area (Å²) < 4.78 is 2.49. The second-order valence-corrected chi connectivity index (χ2v) is 14.1. The van der Waals surface area contributed by atoms with Crippen molar-refractivity contribution >= 4 is 44.8 Å². The average molecular weight is 760 g/mol. The summed E-state index contributed by atoms with van der Waals surface area (Å²) in [6.07, 6.45) is 7.17. The van der Waals surface area contributed by atoms with Crippen molar-refractivity contribution in [1.29, 1.82) is 0 Å². The number of carbonyl (C=O) groups excluding carboxylic acids is 2. The highest BCUT2D eigenvalue weighted by molar-refractivity contribution is 9.10. The zero-order valence-electron chi connectivity index (χ0n) is 28.7. The molecule has 3 heterocycles. The number of carbonyl (C=O) groups is 2. The van der Waals surface area contributed by atoms with Gasteiger partial charge in [-0.3, -0.25) is 14.3 Å². The largest absolute Gasteiger partial charge is 0.395 e. The van der Waals surface area contributed by atoms with Gasteiger partial charge in [0.2, 0.25) is 5.91 Å². The maximum atomic E-state index is 14.2. The number of aromatic nitrogens is 3. The molecule has 1 aromatic heterocycles. The van der Waals surface area contributed by atoms with Crippen molar-refractivity contribution in [3.63, 3.8) is 0 Å². The molecule has 52 heavy (non-hydrogen) atoms. The van der Waals surface area contributed by atoms with Crippen LogP contribution in [0.15, 0.2) is 131 Å². The van der Waals surface area contributed by atoms with Crippen LogP contribution in [0.1, 0.15) is 60.1 Å². The molecule has 7 rings (SSSR count). The Kier molecular flexibility index (Phi) is 10.3. The third-order valence-electron chi connectivity index (χ3n) is 9.77. The number of fused-ring (bicyclic) bond motifs is 1. The predicted octanol–water partition coefficient (Wildman–Crippen LogP) is 6.71. The van der Waals surface area contributed by atoms with Gasteiger partial charge in [-0.15, -0.1) is 5.10 Å². The number of halogens is 1. The fourth-order valence-corrected chi connectivity index (χ4v) is 7.28. The van der Waals surface area contributed by atoms with Crippen molar-refractivity contribution < 1.29 is 19.8 Å². The minimum Gasteiger partial charge on any atom is -0.395 e. The molecular formula is C41H39BrN6O4. The van der Waals surface area contributed by atoms with Gasteiger partial charge >= 0.3 is 0 Å². The molecule has 0 fully saturated rings. The Morgan fingerprint density at radius 1 is 0.942 bits per heavy atom. The van der Waals surface area contributed by atoms with Crippen LogP contribution in [0.25, 0.3) is 0 Å². The Balaban J connectivity index is 1.06. The van der Waals surface area contributed by atoms with Crippen LogP contribution in [0, 0.1) is 5.92 Å². The van der Waals surface area contributed by atoms with Gasteiger partial charge in [0.05, 0.1) is 41.8 Å². The highest BCUT2D eigenvalue weighted by Gasteiger charge is 2.52. The van der Waals surface area contributed by atoms with E-state index in [2.05, 4.69) is 26.2 Å². The molecule has 0 aliphatic carbocycles. The SMILES string of the molecule is C[C@@H](/C=C/CCn1cc(C(CO)c2ccccc2)nn1)[C@]1(O)C(=O)N(Cc2cccc(N3N=C(c4ccccc4)CCC3=O)c2)c2ccc(Br)cc21. The van der Waals surface area contributed by atoms with Crippen LogP contribution in [0.5, 0.6) is 0 Å². The molecule has 2 amide bonds. The van der Waals surface area contributed by atoms with Crippen LogP contribution in [0.4, 0.5) is 11.4 Å². The minimum absolute atomic E-state index is 0.0744. The van der Waals surface area contributed by atoms with Crippen molar-refractivity contribution in [1.82, 2.24) is 15.0 Å². The fourth-order valence-electron chi connectivity index (χ4n) is 6.92. The van der Waals surface area contributed by atoms with Gasteiger partial charge in [0, 0.05) is 41.5 Å². The van der Waals surface area contributed by atoms with E-state index in [4.69, 9.17) is 5.10 Å². The smallest absolute Gasteiger partial charge is 0.264 e. The molecule has 2 N–H and O–H groups in total. The number of hydrogen-bond donors (Lipinski definition) is 2. The van der Waals surface area contributed by atoms with Crippen molar-refractivity contribution in [2.24, 2.45) is 11.0 Å². The summed E-state index contributed by atoms with van der Waals surface area (Å²) in [5.41, 5.74) is 4.26. The number of aliphatic hydroxyl groups is 2. The number of hydrogen-bond acceptors (Lipinski definition) is 7. The van der Waals surface area contributed by atoms with E-state index in [0.717, 1.165) is 26.9 Å². The number of anilines is 2. The van der Waals surface area contributed by atoms with Gasteiger partial charge in [-0.2, -0.15) is 5.10 Å². The zero-order valence-corrected chi connectivity index (χ0v) is 30.3. The third kappa shape index (κ3) is 6.99. The number of nitrogens with zero attached hydrogens (tertiary/aromatic N) is 6. The minimum atomic E-state index is -1.80. The van der Waals surface area contributed by atoms with E-state index in [-0.39, 0.29) is 25.0 Å². The van der Waals surface area contributed by atoms with Gasteiger partial charge in [-0.1, -0.05) is 113 Å². The van der Waals surface area contributed by atoms with E-state index < -0.39 is 17.4 Å². The quantitative estimate of drug-likeness (QED) is 0.136. The topological polar surface area (TPSA) is 124 Å². The molecule has 0 spiro atoms. The zero-order chi connectivity index (χ0) is 36.2. The van der Waals surface area contributed by atoms with Crippen LogP contribution in [-0.4, -0.2) is 49.3 Å². The molecule has 10 nitrogen and oxygen atoms in total. The Hall–Kier alpha value is -5.23. The van der Waals surface area contributed by atoms with E-state index in [9.17, 15) is 19.8 Å². The molecule has 11 heteroatoms. The molecule has 0 saturated heterocycles. The van der Waals surface area contributed by atoms with Crippen molar-refractivity contribution in [2.45, 2.75) is 50.8 Å². The van der Waals surface area contributed by atoms with Crippen LogP contribution in [0.3, 0.4) is 0 Å². The van der Waals surface area contributed by atoms with Crippen molar-refractivity contribution in [3.05, 3.63) is 154 Å². The number of hydrazone groups is 1. The number of aliphatic hydroxyl groups excluding tert-OH is 1. The molecule has 3 atom stereocenters. The lowest BCUT2D eigenvalue weighted by Gasteiger charge is -2.28.